The number of amides is 4. The van der Waals surface area contributed by atoms with E-state index >= 15 is 0 Å². The van der Waals surface area contributed by atoms with Gasteiger partial charge in [0.2, 0.25) is 11.8 Å². The molecule has 0 aliphatic carbocycles. The Hall–Kier alpha value is -5.26. The fraction of sp³-hybridized carbons (Fsp3) is 0.185. The van der Waals surface area contributed by atoms with Gasteiger partial charge in [0.05, 0.1) is 13.7 Å². The number of hydrogen-bond acceptors (Lipinski definition) is 7. The molecule has 0 saturated carbocycles. The summed E-state index contributed by atoms with van der Waals surface area (Å²) in [5.41, 5.74) is 2.58. The number of nitrogens with zero attached hydrogens (tertiary/aromatic N) is 5. The summed E-state index contributed by atoms with van der Waals surface area (Å²) in [6, 6.07) is 22.5. The highest BCUT2D eigenvalue weighted by atomic mass is 16.5. The molecule has 0 bridgehead atoms. The van der Waals surface area contributed by atoms with Crippen molar-refractivity contribution in [2.75, 3.05) is 42.4 Å². The number of carbonyl (C=O) groups is 3. The smallest absolute Gasteiger partial charge is 0.319 e. The average Bonchev–Trinajstić information content (AvgIpc) is 3.47. The van der Waals surface area contributed by atoms with Crippen LogP contribution in [0.1, 0.15) is 11.4 Å². The zero-order chi connectivity index (χ0) is 27.6. The van der Waals surface area contributed by atoms with Crippen LogP contribution in [0.15, 0.2) is 78.9 Å². The predicted octanol–water partition coefficient (Wildman–Crippen LogP) is 2.62. The van der Waals surface area contributed by atoms with Crippen molar-refractivity contribution in [3.63, 3.8) is 0 Å². The first-order valence-electron chi connectivity index (χ1n) is 12.1. The Morgan fingerprint density at radius 3 is 2.44 bits per heavy atom. The minimum absolute atomic E-state index is 0.237. The van der Waals surface area contributed by atoms with Crippen molar-refractivity contribution in [1.29, 1.82) is 0 Å². The number of anilines is 3. The number of methoxy groups -OCH3 is 1. The second-order valence-electron chi connectivity index (χ2n) is 8.50. The molecule has 12 nitrogen and oxygen atoms in total. The molecule has 0 saturated heterocycles. The summed E-state index contributed by atoms with van der Waals surface area (Å²) in [5.74, 6) is 0.341. The van der Waals surface area contributed by atoms with Crippen LogP contribution in [0, 0.1) is 0 Å². The molecule has 4 aromatic rings. The lowest BCUT2D eigenvalue weighted by atomic mass is 10.1. The molecular formula is C27H28N8O4. The number of H-pyrrole nitrogens is 1. The molecule has 0 spiro atoms. The van der Waals surface area contributed by atoms with Crippen molar-refractivity contribution in [2.45, 2.75) is 6.42 Å². The van der Waals surface area contributed by atoms with Crippen molar-refractivity contribution >= 4 is 34.9 Å². The first-order chi connectivity index (χ1) is 18.9. The minimum atomic E-state index is -0.569. The van der Waals surface area contributed by atoms with Gasteiger partial charge in [0, 0.05) is 36.6 Å². The maximum Gasteiger partial charge on any atom is 0.319 e. The van der Waals surface area contributed by atoms with Gasteiger partial charge in [-0.2, -0.15) is 0 Å². The van der Waals surface area contributed by atoms with Gasteiger partial charge >= 0.3 is 6.03 Å². The standard InChI is InChI=1S/C27H28N8O4/c1-34(21-10-4-3-5-11-21)26(37)18-35(22-12-7-13-23(16-22)39-2)25(36)17-28-27(38)29-20-9-6-8-19(14-20)15-24-30-32-33-31-24/h3-14,16H,15,17-18H2,1-2H3,(H2,28,29,38)(H,30,31,32,33). The summed E-state index contributed by atoms with van der Waals surface area (Å²) in [4.78, 5) is 41.8. The maximum atomic E-state index is 13.3. The first-order valence-corrected chi connectivity index (χ1v) is 12.1. The number of aromatic amines is 1. The van der Waals surface area contributed by atoms with Crippen LogP contribution >= 0.6 is 0 Å². The molecular weight excluding hydrogens is 500 g/mol. The van der Waals surface area contributed by atoms with E-state index in [1.807, 2.05) is 24.3 Å². The number of urea groups is 1. The number of rotatable bonds is 10. The Morgan fingerprint density at radius 2 is 1.69 bits per heavy atom. The number of tetrazole rings is 1. The summed E-state index contributed by atoms with van der Waals surface area (Å²) < 4.78 is 5.29. The fourth-order valence-corrected chi connectivity index (χ4v) is 3.77. The van der Waals surface area contributed by atoms with E-state index in [-0.39, 0.29) is 19.0 Å². The second kappa shape index (κ2) is 12.8. The highest BCUT2D eigenvalue weighted by molar-refractivity contribution is 6.05. The molecule has 39 heavy (non-hydrogen) atoms. The quantitative estimate of drug-likeness (QED) is 0.287. The third-order valence-electron chi connectivity index (χ3n) is 5.82. The molecule has 0 aliphatic heterocycles. The summed E-state index contributed by atoms with van der Waals surface area (Å²) >= 11 is 0. The molecule has 3 N–H and O–H groups in total. The summed E-state index contributed by atoms with van der Waals surface area (Å²) in [6.07, 6.45) is 0.462. The van der Waals surface area contributed by atoms with Crippen LogP contribution in [0.25, 0.3) is 0 Å². The number of hydrogen-bond donors (Lipinski definition) is 3. The molecule has 1 aromatic heterocycles. The first kappa shape index (κ1) is 26.8. The van der Waals surface area contributed by atoms with Crippen LogP contribution in [0.4, 0.5) is 21.9 Å². The number of carbonyl (C=O) groups excluding carboxylic acids is 3. The number of likely N-dealkylation sites (N-methyl/N-ethyl adjacent to an activating group) is 1. The maximum absolute atomic E-state index is 13.3. The minimum Gasteiger partial charge on any atom is -0.497 e. The molecule has 0 aliphatic rings. The third-order valence-corrected chi connectivity index (χ3v) is 5.82. The predicted molar refractivity (Wildman–Crippen MR) is 146 cm³/mol. The lowest BCUT2D eigenvalue weighted by Crippen LogP contribution is -2.46. The lowest BCUT2D eigenvalue weighted by Gasteiger charge is -2.26. The highest BCUT2D eigenvalue weighted by Gasteiger charge is 2.23. The van der Waals surface area contributed by atoms with E-state index in [4.69, 9.17) is 4.74 Å². The van der Waals surface area contributed by atoms with Crippen molar-refractivity contribution in [2.24, 2.45) is 0 Å². The van der Waals surface area contributed by atoms with Gasteiger partial charge in [-0.1, -0.05) is 36.4 Å². The Labute approximate surface area is 225 Å². The lowest BCUT2D eigenvalue weighted by molar-refractivity contribution is -0.121. The summed E-state index contributed by atoms with van der Waals surface area (Å²) in [5, 5.41) is 18.9. The van der Waals surface area contributed by atoms with Gasteiger partial charge in [-0.3, -0.25) is 9.59 Å². The third kappa shape index (κ3) is 7.38. The SMILES string of the molecule is COc1cccc(N(CC(=O)N(C)c2ccccc2)C(=O)CNC(=O)Nc2cccc(Cc3nnn[nH]3)c2)c1. The second-order valence-corrected chi connectivity index (χ2v) is 8.50. The van der Waals surface area contributed by atoms with E-state index < -0.39 is 11.9 Å². The van der Waals surface area contributed by atoms with Gasteiger partial charge in [0.1, 0.15) is 12.3 Å². The zero-order valence-electron chi connectivity index (χ0n) is 21.5. The van der Waals surface area contributed by atoms with E-state index in [1.54, 1.807) is 61.6 Å². The van der Waals surface area contributed by atoms with Gasteiger partial charge in [-0.15, -0.1) is 5.10 Å². The summed E-state index contributed by atoms with van der Waals surface area (Å²) in [7, 11) is 3.16. The van der Waals surface area contributed by atoms with E-state index in [2.05, 4.69) is 31.3 Å². The van der Waals surface area contributed by atoms with Crippen LogP contribution < -0.4 is 25.2 Å². The Kier molecular flexibility index (Phi) is 8.80. The van der Waals surface area contributed by atoms with Crippen LogP contribution in [-0.4, -0.2) is 65.7 Å². The monoisotopic (exact) mass is 528 g/mol. The average molecular weight is 529 g/mol. The van der Waals surface area contributed by atoms with Gasteiger partial charge < -0.3 is 25.2 Å². The molecule has 0 unspecified atom stereocenters. The fourth-order valence-electron chi connectivity index (χ4n) is 3.77. The van der Waals surface area contributed by atoms with Gasteiger partial charge in [0.15, 0.2) is 5.82 Å². The van der Waals surface area contributed by atoms with E-state index in [9.17, 15) is 14.4 Å². The van der Waals surface area contributed by atoms with E-state index in [0.717, 1.165) is 5.56 Å². The van der Waals surface area contributed by atoms with Crippen molar-refractivity contribution < 1.29 is 19.1 Å². The number of aromatic nitrogens is 4. The number of ether oxygens (including phenoxy) is 1. The van der Waals surface area contributed by atoms with Crippen molar-refractivity contribution in [3.05, 3.63) is 90.3 Å². The van der Waals surface area contributed by atoms with Crippen LogP contribution in [-0.2, 0) is 16.0 Å². The molecule has 3 aromatic carbocycles. The van der Waals surface area contributed by atoms with Crippen molar-refractivity contribution in [1.82, 2.24) is 25.9 Å². The zero-order valence-corrected chi connectivity index (χ0v) is 21.5. The Balaban J connectivity index is 1.41. The van der Waals surface area contributed by atoms with E-state index in [1.165, 1.54) is 16.9 Å². The topological polar surface area (TPSA) is 145 Å². The molecule has 4 amide bonds. The normalized spacial score (nSPS) is 10.4. The van der Waals surface area contributed by atoms with Gasteiger partial charge in [-0.05, 0) is 52.4 Å². The van der Waals surface area contributed by atoms with Crippen molar-refractivity contribution in [3.8, 4) is 5.75 Å². The Morgan fingerprint density at radius 1 is 0.923 bits per heavy atom. The molecule has 0 atom stereocenters. The van der Waals surface area contributed by atoms with Crippen LogP contribution in [0.2, 0.25) is 0 Å². The van der Waals surface area contributed by atoms with E-state index in [0.29, 0.717) is 35.1 Å². The van der Waals surface area contributed by atoms with Crippen LogP contribution in [0.3, 0.4) is 0 Å². The molecule has 4 rings (SSSR count). The Bertz CT molecular complexity index is 1410. The largest absolute Gasteiger partial charge is 0.497 e. The molecule has 12 heteroatoms. The van der Waals surface area contributed by atoms with Crippen LogP contribution in [0.5, 0.6) is 5.75 Å². The summed E-state index contributed by atoms with van der Waals surface area (Å²) in [6.45, 7) is -0.575. The highest BCUT2D eigenvalue weighted by Crippen LogP contribution is 2.22. The van der Waals surface area contributed by atoms with Gasteiger partial charge in [-0.25, -0.2) is 9.89 Å². The molecule has 0 radical (unpaired) electrons. The molecule has 200 valence electrons. The molecule has 1 heterocycles. The molecule has 0 fully saturated rings. The number of para-hydroxylation sites is 1. The number of benzene rings is 3. The number of nitrogens with one attached hydrogen (secondary N) is 3. The van der Waals surface area contributed by atoms with Gasteiger partial charge in [0.25, 0.3) is 0 Å².